The van der Waals surface area contributed by atoms with Gasteiger partial charge in [0.15, 0.2) is 0 Å². The van der Waals surface area contributed by atoms with Gasteiger partial charge in [-0.1, -0.05) is 49.7 Å². The van der Waals surface area contributed by atoms with Crippen LogP contribution in [0.5, 0.6) is 0 Å². The monoisotopic (exact) mass is 217 g/mol. The number of nitrogens with zero attached hydrogens (tertiary/aromatic N) is 1. The summed E-state index contributed by atoms with van der Waals surface area (Å²) in [7, 11) is 0. The molecule has 1 aromatic heterocycles. The Morgan fingerprint density at radius 3 is 1.62 bits per heavy atom. The van der Waals surface area contributed by atoms with Crippen LogP contribution in [0.15, 0.2) is 54.9 Å². The molecule has 0 aliphatic carbocycles. The van der Waals surface area contributed by atoms with Gasteiger partial charge in [-0.05, 0) is 26.0 Å². The molecule has 88 valence electrons. The zero-order chi connectivity index (χ0) is 12.2. The lowest BCUT2D eigenvalue weighted by Gasteiger charge is -1.89. The fourth-order valence-corrected chi connectivity index (χ4v) is 1.12. The van der Waals surface area contributed by atoms with Gasteiger partial charge < -0.3 is 4.57 Å². The van der Waals surface area contributed by atoms with Crippen LogP contribution in [-0.4, -0.2) is 4.57 Å². The second-order valence-electron chi connectivity index (χ2n) is 3.17. The molecule has 1 aromatic carbocycles. The van der Waals surface area contributed by atoms with Gasteiger partial charge in [0.1, 0.15) is 0 Å². The average molecular weight is 217 g/mol. The Morgan fingerprint density at radius 1 is 0.875 bits per heavy atom. The summed E-state index contributed by atoms with van der Waals surface area (Å²) in [6, 6.07) is 14.3. The van der Waals surface area contributed by atoms with Crippen molar-refractivity contribution in [3.63, 3.8) is 0 Å². The summed E-state index contributed by atoms with van der Waals surface area (Å²) in [5, 5.41) is 0. The van der Waals surface area contributed by atoms with E-state index in [4.69, 9.17) is 0 Å². The molecule has 0 saturated heterocycles. The number of benzene rings is 1. The molecular weight excluding hydrogens is 194 g/mol. The van der Waals surface area contributed by atoms with Gasteiger partial charge in [-0.15, -0.1) is 0 Å². The van der Waals surface area contributed by atoms with E-state index in [9.17, 15) is 0 Å². The highest BCUT2D eigenvalue weighted by atomic mass is 14.9. The van der Waals surface area contributed by atoms with Gasteiger partial charge in [0.05, 0.1) is 0 Å². The zero-order valence-corrected chi connectivity index (χ0v) is 10.9. The minimum atomic E-state index is 1.08. The van der Waals surface area contributed by atoms with Crippen molar-refractivity contribution in [2.75, 3.05) is 0 Å². The van der Waals surface area contributed by atoms with E-state index in [2.05, 4.69) is 42.9 Å². The fraction of sp³-hybridized carbons (Fsp3) is 0.333. The molecule has 0 aliphatic rings. The topological polar surface area (TPSA) is 4.93 Å². The van der Waals surface area contributed by atoms with Crippen LogP contribution < -0.4 is 0 Å². The third-order valence-corrected chi connectivity index (χ3v) is 1.97. The Hall–Kier alpha value is -1.50. The number of hydrogen-bond donors (Lipinski definition) is 0. The van der Waals surface area contributed by atoms with Crippen molar-refractivity contribution in [2.24, 2.45) is 0 Å². The predicted octanol–water partition coefficient (Wildman–Crippen LogP) is 4.53. The molecule has 1 heterocycles. The molecule has 0 unspecified atom stereocenters. The molecule has 0 radical (unpaired) electrons. The summed E-state index contributed by atoms with van der Waals surface area (Å²) in [5.41, 5.74) is 1.32. The lowest BCUT2D eigenvalue weighted by molar-refractivity contribution is 0.769. The molecule has 0 aliphatic heterocycles. The van der Waals surface area contributed by atoms with E-state index in [-0.39, 0.29) is 0 Å². The third-order valence-electron chi connectivity index (χ3n) is 1.97. The summed E-state index contributed by atoms with van der Waals surface area (Å²) in [5.74, 6) is 0. The van der Waals surface area contributed by atoms with Crippen molar-refractivity contribution in [3.05, 3.63) is 60.4 Å². The molecule has 16 heavy (non-hydrogen) atoms. The van der Waals surface area contributed by atoms with Gasteiger partial charge in [0.2, 0.25) is 0 Å². The molecule has 2 rings (SSSR count). The van der Waals surface area contributed by atoms with Crippen molar-refractivity contribution >= 4 is 0 Å². The molecule has 0 saturated carbocycles. The van der Waals surface area contributed by atoms with Crippen molar-refractivity contribution in [2.45, 2.75) is 34.2 Å². The predicted molar refractivity (Wildman–Crippen MR) is 72.6 cm³/mol. The third kappa shape index (κ3) is 6.88. The Bertz CT molecular complexity index is 322. The second-order valence-corrected chi connectivity index (χ2v) is 3.17. The second kappa shape index (κ2) is 10.0. The minimum absolute atomic E-state index is 1.08. The first kappa shape index (κ1) is 14.5. The van der Waals surface area contributed by atoms with Crippen LogP contribution in [0, 0.1) is 6.92 Å². The first-order valence-electron chi connectivity index (χ1n) is 5.95. The summed E-state index contributed by atoms with van der Waals surface area (Å²) in [6.07, 6.45) is 4.11. The molecule has 0 bridgehead atoms. The Labute approximate surface area is 99.7 Å². The highest BCUT2D eigenvalue weighted by molar-refractivity contribution is 5.11. The number of aryl methyl sites for hydroxylation is 2. The van der Waals surface area contributed by atoms with E-state index in [1.165, 1.54) is 5.56 Å². The van der Waals surface area contributed by atoms with E-state index in [1.807, 2.05) is 44.2 Å². The van der Waals surface area contributed by atoms with E-state index in [0.29, 0.717) is 0 Å². The highest BCUT2D eigenvalue weighted by Gasteiger charge is 1.75. The largest absolute Gasteiger partial charge is 0.355 e. The van der Waals surface area contributed by atoms with E-state index < -0.39 is 0 Å². The number of aromatic nitrogens is 1. The first-order chi connectivity index (χ1) is 7.83. The van der Waals surface area contributed by atoms with Crippen LogP contribution in [0.25, 0.3) is 0 Å². The summed E-state index contributed by atoms with van der Waals surface area (Å²) >= 11 is 0. The first-order valence-corrected chi connectivity index (χ1v) is 5.95. The Balaban J connectivity index is 0.000000244. The van der Waals surface area contributed by atoms with Crippen molar-refractivity contribution in [3.8, 4) is 0 Å². The maximum atomic E-state index is 2.12. The number of hydrogen-bond acceptors (Lipinski definition) is 0. The van der Waals surface area contributed by atoms with Crippen LogP contribution in [0.2, 0.25) is 0 Å². The molecule has 0 spiro atoms. The molecule has 0 atom stereocenters. The molecule has 1 nitrogen and oxygen atoms in total. The Kier molecular flexibility index (Phi) is 9.09. The van der Waals surface area contributed by atoms with Crippen LogP contribution in [0.3, 0.4) is 0 Å². The van der Waals surface area contributed by atoms with E-state index in [1.54, 1.807) is 0 Å². The van der Waals surface area contributed by atoms with Gasteiger partial charge in [0.25, 0.3) is 0 Å². The van der Waals surface area contributed by atoms with Crippen molar-refractivity contribution in [1.82, 2.24) is 4.57 Å². The van der Waals surface area contributed by atoms with Crippen LogP contribution in [0.1, 0.15) is 26.3 Å². The SMILES string of the molecule is CC.CCn1cccc1.Cc1ccccc1. The normalized spacial score (nSPS) is 8.25. The number of rotatable bonds is 1. The molecule has 0 N–H and O–H groups in total. The van der Waals surface area contributed by atoms with Crippen LogP contribution in [0.4, 0.5) is 0 Å². The molecule has 2 aromatic rings. The van der Waals surface area contributed by atoms with E-state index in [0.717, 1.165) is 6.54 Å². The lowest BCUT2D eigenvalue weighted by Crippen LogP contribution is -1.85. The zero-order valence-electron chi connectivity index (χ0n) is 10.9. The summed E-state index contributed by atoms with van der Waals surface area (Å²) in [4.78, 5) is 0. The van der Waals surface area contributed by atoms with Gasteiger partial charge in [-0.2, -0.15) is 0 Å². The van der Waals surface area contributed by atoms with Gasteiger partial charge >= 0.3 is 0 Å². The maximum absolute atomic E-state index is 2.12. The van der Waals surface area contributed by atoms with Crippen LogP contribution in [-0.2, 0) is 6.54 Å². The molecular formula is C15H23N. The quantitative estimate of drug-likeness (QED) is 0.661. The Morgan fingerprint density at radius 2 is 1.38 bits per heavy atom. The van der Waals surface area contributed by atoms with Crippen molar-refractivity contribution in [1.29, 1.82) is 0 Å². The standard InChI is InChI=1S/C7H8.C6H9N.C2H6/c1-7-5-3-2-4-6-7;1-2-7-5-3-4-6-7;1-2/h2-6H,1H3;3-6H,2H2,1H3;1-2H3. The summed E-state index contributed by atoms with van der Waals surface area (Å²) < 4.78 is 2.12. The van der Waals surface area contributed by atoms with Crippen LogP contribution >= 0.6 is 0 Å². The van der Waals surface area contributed by atoms with Gasteiger partial charge in [-0.25, -0.2) is 0 Å². The summed E-state index contributed by atoms with van der Waals surface area (Å²) in [6.45, 7) is 9.28. The molecule has 1 heteroatoms. The van der Waals surface area contributed by atoms with Gasteiger partial charge in [-0.3, -0.25) is 0 Å². The highest BCUT2D eigenvalue weighted by Crippen LogP contribution is 1.92. The van der Waals surface area contributed by atoms with Gasteiger partial charge in [0, 0.05) is 18.9 Å². The minimum Gasteiger partial charge on any atom is -0.355 e. The van der Waals surface area contributed by atoms with Crippen molar-refractivity contribution < 1.29 is 0 Å². The lowest BCUT2D eigenvalue weighted by atomic mass is 10.2. The maximum Gasteiger partial charge on any atom is 0.0191 e. The average Bonchev–Trinajstić information content (AvgIpc) is 2.86. The van der Waals surface area contributed by atoms with E-state index >= 15 is 0 Å². The molecule has 0 amide bonds. The molecule has 0 fully saturated rings. The smallest absolute Gasteiger partial charge is 0.0191 e. The fourth-order valence-electron chi connectivity index (χ4n) is 1.12.